The zero-order valence-corrected chi connectivity index (χ0v) is 16.1. The minimum Gasteiger partial charge on any atom is -0.478 e. The minimum atomic E-state index is -1.26. The summed E-state index contributed by atoms with van der Waals surface area (Å²) in [4.78, 5) is 22.6. The van der Waals surface area contributed by atoms with Crippen LogP contribution in [-0.2, 0) is 14.1 Å². The van der Waals surface area contributed by atoms with Gasteiger partial charge in [-0.15, -0.1) is 0 Å². The molecule has 1 saturated heterocycles. The van der Waals surface area contributed by atoms with Gasteiger partial charge in [-0.1, -0.05) is 6.08 Å². The second kappa shape index (κ2) is 7.32. The molecule has 146 valence electrons. The van der Waals surface area contributed by atoms with Crippen LogP contribution in [0.5, 0.6) is 0 Å². The summed E-state index contributed by atoms with van der Waals surface area (Å²) >= 11 is 0. The Hall–Kier alpha value is -2.39. The second-order valence-corrected chi connectivity index (χ2v) is 7.48. The molecule has 1 aromatic rings. The number of carbonyl (C=O) groups excluding carboxylic acids is 1. The lowest BCUT2D eigenvalue weighted by molar-refractivity contribution is -0.118. The van der Waals surface area contributed by atoms with Crippen LogP contribution in [-0.4, -0.2) is 41.8 Å². The summed E-state index contributed by atoms with van der Waals surface area (Å²) in [7, 11) is -0.827. The number of halogens is 1. The van der Waals surface area contributed by atoms with E-state index in [4.69, 9.17) is 15.0 Å². The average molecular weight is 378 g/mol. The molecule has 0 bridgehead atoms. The Kier molecular flexibility index (Phi) is 5.67. The lowest BCUT2D eigenvalue weighted by Crippen LogP contribution is -2.41. The highest BCUT2D eigenvalue weighted by Crippen LogP contribution is 2.39. The number of carboxylic acid groups (broad SMARTS) is 1. The van der Waals surface area contributed by atoms with Crippen LogP contribution in [0.4, 0.5) is 10.1 Å². The van der Waals surface area contributed by atoms with E-state index in [2.05, 4.69) is 5.32 Å². The van der Waals surface area contributed by atoms with Crippen molar-refractivity contribution in [3.63, 3.8) is 0 Å². The van der Waals surface area contributed by atoms with E-state index in [0.717, 1.165) is 12.1 Å². The largest absolute Gasteiger partial charge is 0.492 e. The number of rotatable bonds is 5. The third-order valence-corrected chi connectivity index (χ3v) is 4.84. The molecule has 0 spiro atoms. The van der Waals surface area contributed by atoms with Crippen molar-refractivity contribution in [3.05, 3.63) is 34.5 Å². The summed E-state index contributed by atoms with van der Waals surface area (Å²) in [6.45, 7) is 8.89. The van der Waals surface area contributed by atoms with E-state index in [-0.39, 0.29) is 29.3 Å². The van der Waals surface area contributed by atoms with Gasteiger partial charge >= 0.3 is 13.1 Å². The number of hydrogen-bond acceptors (Lipinski definition) is 5. The lowest BCUT2D eigenvalue weighted by atomic mass is 9.76. The number of nitrogens with one attached hydrogen (secondary N) is 1. The van der Waals surface area contributed by atoms with Crippen molar-refractivity contribution in [3.8, 4) is 0 Å². The van der Waals surface area contributed by atoms with Crippen LogP contribution >= 0.6 is 0 Å². The number of amides is 1. The third kappa shape index (κ3) is 4.48. The summed E-state index contributed by atoms with van der Waals surface area (Å²) in [6.07, 6.45) is 1.42. The van der Waals surface area contributed by atoms with E-state index in [0.29, 0.717) is 5.47 Å². The fourth-order valence-electron chi connectivity index (χ4n) is 2.52. The highest BCUT2D eigenvalue weighted by molar-refractivity contribution is 6.56. The summed E-state index contributed by atoms with van der Waals surface area (Å²) < 4.78 is 26.3. The highest BCUT2D eigenvalue weighted by Gasteiger charge is 2.52. The topological polar surface area (TPSA) is 111 Å². The molecule has 0 aliphatic carbocycles. The number of carboxylic acids is 1. The van der Waals surface area contributed by atoms with Crippen molar-refractivity contribution in [2.24, 2.45) is 0 Å². The molecule has 27 heavy (non-hydrogen) atoms. The Bertz CT molecular complexity index is 791. The van der Waals surface area contributed by atoms with Crippen LogP contribution in [0, 0.1) is 5.82 Å². The van der Waals surface area contributed by atoms with E-state index < -0.39 is 30.1 Å². The van der Waals surface area contributed by atoms with Gasteiger partial charge in [-0.25, -0.2) is 9.18 Å². The molecular weight excluding hydrogens is 354 g/mol. The number of benzene rings is 1. The van der Waals surface area contributed by atoms with Gasteiger partial charge in [0, 0.05) is 24.7 Å². The van der Waals surface area contributed by atoms with E-state index in [1.54, 1.807) is 0 Å². The first-order chi connectivity index (χ1) is 12.3. The van der Waals surface area contributed by atoms with E-state index in [1.807, 2.05) is 27.7 Å². The van der Waals surface area contributed by atoms with Crippen molar-refractivity contribution < 1.29 is 28.4 Å². The predicted octanol–water partition coefficient (Wildman–Crippen LogP) is 2.26. The molecule has 1 heterocycles. The van der Waals surface area contributed by atoms with Gasteiger partial charge < -0.3 is 25.5 Å². The SMILES string of the molecule is CC(=O)NCC(=Cc1cc(C(=O)O)c(N)cc1F)B1OC(C)(C)C(C)(C)O1. The zero-order chi connectivity index (χ0) is 20.6. The number of anilines is 1. The molecule has 9 heteroatoms. The Morgan fingerprint density at radius 2 is 1.81 bits per heavy atom. The zero-order valence-electron chi connectivity index (χ0n) is 16.1. The van der Waals surface area contributed by atoms with Crippen LogP contribution in [0.1, 0.15) is 50.5 Å². The maximum Gasteiger partial charge on any atom is 0.492 e. The molecular formula is C18H24BFN2O5. The van der Waals surface area contributed by atoms with E-state index >= 15 is 0 Å². The molecule has 0 radical (unpaired) electrons. The maximum absolute atomic E-state index is 14.4. The molecule has 7 nitrogen and oxygen atoms in total. The Labute approximate surface area is 157 Å². The standard InChI is InChI=1S/C18H24BFN2O5/c1-10(23)22-9-12(19-26-17(2,3)18(4,5)27-19)6-11-7-13(16(24)25)15(21)8-14(11)20/h6-8H,9,21H2,1-5H3,(H,22,23)(H,24,25). The molecule has 1 aliphatic rings. The van der Waals surface area contributed by atoms with Crippen molar-refractivity contribution in [1.82, 2.24) is 5.32 Å². The van der Waals surface area contributed by atoms with E-state index in [1.165, 1.54) is 13.0 Å². The Morgan fingerprint density at radius 1 is 1.26 bits per heavy atom. The number of nitrogens with two attached hydrogens (primary N) is 1. The van der Waals surface area contributed by atoms with Crippen LogP contribution in [0.3, 0.4) is 0 Å². The first-order valence-electron chi connectivity index (χ1n) is 8.47. The van der Waals surface area contributed by atoms with Gasteiger partial charge in [-0.3, -0.25) is 4.79 Å². The molecule has 0 saturated carbocycles. The molecule has 0 unspecified atom stereocenters. The third-order valence-electron chi connectivity index (χ3n) is 4.84. The van der Waals surface area contributed by atoms with Crippen molar-refractivity contribution in [2.45, 2.75) is 45.8 Å². The smallest absolute Gasteiger partial charge is 0.478 e. The molecule has 0 aromatic heterocycles. The number of carbonyl (C=O) groups is 2. The fraction of sp³-hybridized carbons (Fsp3) is 0.444. The van der Waals surface area contributed by atoms with Crippen molar-refractivity contribution in [2.75, 3.05) is 12.3 Å². The molecule has 0 atom stereocenters. The molecule has 1 aliphatic heterocycles. The molecule has 2 rings (SSSR count). The molecule has 1 aromatic carbocycles. The second-order valence-electron chi connectivity index (χ2n) is 7.48. The van der Waals surface area contributed by atoms with Gasteiger partial charge in [-0.2, -0.15) is 0 Å². The first-order valence-corrected chi connectivity index (χ1v) is 8.47. The average Bonchev–Trinajstić information content (AvgIpc) is 2.72. The van der Waals surface area contributed by atoms with E-state index in [9.17, 15) is 19.1 Å². The monoisotopic (exact) mass is 378 g/mol. The Balaban J connectivity index is 2.47. The van der Waals surface area contributed by atoms with Gasteiger partial charge in [0.25, 0.3) is 0 Å². The van der Waals surface area contributed by atoms with Crippen molar-refractivity contribution >= 4 is 30.8 Å². The quantitative estimate of drug-likeness (QED) is 0.536. The molecule has 4 N–H and O–H groups in total. The first kappa shape index (κ1) is 20.9. The normalized spacial score (nSPS) is 18.4. The highest BCUT2D eigenvalue weighted by atomic mass is 19.1. The maximum atomic E-state index is 14.4. The molecule has 1 amide bonds. The van der Waals surface area contributed by atoms with Crippen LogP contribution in [0.15, 0.2) is 17.6 Å². The fourth-order valence-corrected chi connectivity index (χ4v) is 2.52. The number of hydrogen-bond donors (Lipinski definition) is 3. The van der Waals surface area contributed by atoms with Gasteiger partial charge in [0.15, 0.2) is 0 Å². The number of nitrogen functional groups attached to an aromatic ring is 1. The minimum absolute atomic E-state index is 0.0108. The summed E-state index contributed by atoms with van der Waals surface area (Å²) in [5.41, 5.74) is 4.39. The number of aromatic carboxylic acids is 1. The Morgan fingerprint density at radius 3 is 2.30 bits per heavy atom. The van der Waals surface area contributed by atoms with Gasteiger partial charge in [0.2, 0.25) is 5.91 Å². The van der Waals surface area contributed by atoms with Gasteiger partial charge in [0.1, 0.15) is 5.82 Å². The van der Waals surface area contributed by atoms with Gasteiger partial charge in [0.05, 0.1) is 16.8 Å². The lowest BCUT2D eigenvalue weighted by Gasteiger charge is -2.32. The summed E-state index contributed by atoms with van der Waals surface area (Å²) in [5, 5.41) is 11.8. The van der Waals surface area contributed by atoms with Crippen LogP contribution in [0.25, 0.3) is 6.08 Å². The summed E-state index contributed by atoms with van der Waals surface area (Å²) in [5.74, 6) is -2.23. The molecule has 1 fully saturated rings. The summed E-state index contributed by atoms with van der Waals surface area (Å²) in [6, 6.07) is 2.10. The van der Waals surface area contributed by atoms with Gasteiger partial charge in [-0.05, 0) is 45.3 Å². The van der Waals surface area contributed by atoms with Crippen LogP contribution in [0.2, 0.25) is 0 Å². The van der Waals surface area contributed by atoms with Crippen LogP contribution < -0.4 is 11.1 Å². The van der Waals surface area contributed by atoms with Crippen molar-refractivity contribution in [1.29, 1.82) is 0 Å². The predicted molar refractivity (Wildman–Crippen MR) is 101 cm³/mol.